The number of aliphatic hydroxyl groups excluding tert-OH is 1. The first-order chi connectivity index (χ1) is 16.3. The molecule has 1 aromatic heterocycles. The van der Waals surface area contributed by atoms with Crippen molar-refractivity contribution >= 4 is 16.6 Å². The molecular weight excluding hydrogens is 432 g/mol. The Morgan fingerprint density at radius 2 is 1.82 bits per heavy atom. The highest BCUT2D eigenvalue weighted by Gasteiger charge is 2.43. The Morgan fingerprint density at radius 3 is 2.59 bits per heavy atom. The molecule has 1 aliphatic heterocycles. The largest absolute Gasteiger partial charge is 0.389 e. The molecule has 0 saturated carbocycles. The Kier molecular flexibility index (Phi) is 5.66. The topological polar surface area (TPSA) is 60.1 Å². The molecule has 0 aliphatic carbocycles. The van der Waals surface area contributed by atoms with E-state index in [0.29, 0.717) is 23.3 Å². The molecule has 0 spiro atoms. The molecule has 0 fully saturated rings. The maximum Gasteiger partial charge on any atom is 0.140 e. The van der Waals surface area contributed by atoms with Gasteiger partial charge in [-0.1, -0.05) is 48.5 Å². The number of H-pyrrole nitrogens is 1. The Balaban J connectivity index is 1.59. The number of aromatic amines is 1. The summed E-state index contributed by atoms with van der Waals surface area (Å²) < 4.78 is 31.6. The molecular formula is C28H29F2N3O. The lowest BCUT2D eigenvalue weighted by atomic mass is 9.81. The number of fused-ring (bicyclic) bond motifs is 2. The highest BCUT2D eigenvalue weighted by molar-refractivity contribution is 5.96. The predicted octanol–water partition coefficient (Wildman–Crippen LogP) is 5.86. The molecule has 4 N–H and O–H groups in total. The zero-order valence-electron chi connectivity index (χ0n) is 19.5. The third-order valence-corrected chi connectivity index (χ3v) is 6.89. The number of halogens is 2. The van der Waals surface area contributed by atoms with E-state index in [1.807, 2.05) is 69.4 Å². The Labute approximate surface area is 198 Å². The van der Waals surface area contributed by atoms with E-state index in [0.717, 1.165) is 22.9 Å². The van der Waals surface area contributed by atoms with Gasteiger partial charge in [-0.05, 0) is 50.9 Å². The van der Waals surface area contributed by atoms with Crippen molar-refractivity contribution < 1.29 is 13.9 Å². The Hall–Kier alpha value is -3.22. The zero-order chi connectivity index (χ0) is 24.0. The summed E-state index contributed by atoms with van der Waals surface area (Å²) in [6.45, 7) is 6.16. The third-order valence-electron chi connectivity index (χ3n) is 6.89. The van der Waals surface area contributed by atoms with Crippen molar-refractivity contribution in [2.45, 2.75) is 44.9 Å². The van der Waals surface area contributed by atoms with E-state index in [1.165, 1.54) is 6.07 Å². The van der Waals surface area contributed by atoms with Crippen LogP contribution >= 0.6 is 0 Å². The first-order valence-electron chi connectivity index (χ1n) is 11.6. The number of hydrogen-bond donors (Lipinski definition) is 4. The minimum absolute atomic E-state index is 0.0882. The van der Waals surface area contributed by atoms with Crippen LogP contribution in [0.4, 0.5) is 14.5 Å². The summed E-state index contributed by atoms with van der Waals surface area (Å²) in [5.41, 5.74) is 3.07. The fraction of sp³-hybridized carbons (Fsp3) is 0.286. The summed E-state index contributed by atoms with van der Waals surface area (Å²) in [5.74, 6) is -1.30. The van der Waals surface area contributed by atoms with E-state index in [9.17, 15) is 5.11 Å². The number of aryl methyl sites for hydroxylation is 1. The van der Waals surface area contributed by atoms with Gasteiger partial charge in [-0.2, -0.15) is 0 Å². The summed E-state index contributed by atoms with van der Waals surface area (Å²) in [6, 6.07) is 16.1. The maximum absolute atomic E-state index is 16.2. The smallest absolute Gasteiger partial charge is 0.140 e. The van der Waals surface area contributed by atoms with Crippen molar-refractivity contribution in [2.24, 2.45) is 0 Å². The van der Waals surface area contributed by atoms with Gasteiger partial charge < -0.3 is 20.7 Å². The third kappa shape index (κ3) is 3.77. The van der Waals surface area contributed by atoms with Crippen LogP contribution in [-0.2, 0) is 6.42 Å². The average Bonchev–Trinajstić information content (AvgIpc) is 3.18. The molecule has 1 aliphatic rings. The van der Waals surface area contributed by atoms with Gasteiger partial charge in [0.15, 0.2) is 0 Å². The molecule has 2 atom stereocenters. The van der Waals surface area contributed by atoms with Gasteiger partial charge in [0.1, 0.15) is 11.6 Å². The fourth-order valence-electron chi connectivity index (χ4n) is 5.02. The van der Waals surface area contributed by atoms with Crippen molar-refractivity contribution in [1.82, 2.24) is 10.3 Å². The lowest BCUT2D eigenvalue weighted by molar-refractivity contribution is 0.0672. The second-order valence-corrected chi connectivity index (χ2v) is 9.67. The summed E-state index contributed by atoms with van der Waals surface area (Å²) in [6.07, 6.45) is 1.64. The maximum atomic E-state index is 16.2. The zero-order valence-corrected chi connectivity index (χ0v) is 19.5. The number of aromatic nitrogens is 1. The van der Waals surface area contributed by atoms with E-state index in [1.54, 1.807) is 6.07 Å². The van der Waals surface area contributed by atoms with Crippen LogP contribution < -0.4 is 10.6 Å². The number of anilines is 1. The first kappa shape index (κ1) is 22.6. The van der Waals surface area contributed by atoms with E-state index in [2.05, 4.69) is 15.6 Å². The lowest BCUT2D eigenvalue weighted by Gasteiger charge is -2.44. The molecule has 4 nitrogen and oxygen atoms in total. The van der Waals surface area contributed by atoms with Gasteiger partial charge in [-0.15, -0.1) is 0 Å². The highest BCUT2D eigenvalue weighted by atomic mass is 19.1. The molecule has 3 aromatic carbocycles. The number of para-hydroxylation sites is 1. The lowest BCUT2D eigenvalue weighted by Crippen LogP contribution is -2.54. The predicted molar refractivity (Wildman–Crippen MR) is 133 cm³/mol. The van der Waals surface area contributed by atoms with Crippen molar-refractivity contribution in [2.75, 3.05) is 11.9 Å². The van der Waals surface area contributed by atoms with Gasteiger partial charge in [-0.25, -0.2) is 8.78 Å². The average molecular weight is 462 g/mol. The molecule has 0 bridgehead atoms. The molecule has 0 radical (unpaired) electrons. The molecule has 0 saturated heterocycles. The van der Waals surface area contributed by atoms with Crippen molar-refractivity contribution in [3.63, 3.8) is 0 Å². The molecule has 2 heterocycles. The quantitative estimate of drug-likeness (QED) is 0.301. The number of nitrogens with one attached hydrogen (secondary N) is 3. The van der Waals surface area contributed by atoms with Gasteiger partial charge in [-0.3, -0.25) is 0 Å². The van der Waals surface area contributed by atoms with Gasteiger partial charge in [0, 0.05) is 28.4 Å². The Bertz CT molecular complexity index is 1350. The number of hydrogen-bond acceptors (Lipinski definition) is 3. The van der Waals surface area contributed by atoms with Crippen LogP contribution in [0.3, 0.4) is 0 Å². The molecule has 34 heavy (non-hydrogen) atoms. The molecule has 6 heteroatoms. The summed E-state index contributed by atoms with van der Waals surface area (Å²) in [7, 11) is 0. The van der Waals surface area contributed by atoms with Crippen LogP contribution in [0.25, 0.3) is 22.0 Å². The van der Waals surface area contributed by atoms with E-state index >= 15 is 8.78 Å². The molecule has 0 unspecified atom stereocenters. The molecule has 5 rings (SSSR count). The summed E-state index contributed by atoms with van der Waals surface area (Å²) in [4.78, 5) is 3.16. The van der Waals surface area contributed by atoms with E-state index in [-0.39, 0.29) is 11.1 Å². The van der Waals surface area contributed by atoms with Crippen LogP contribution in [0, 0.1) is 18.6 Å². The second-order valence-electron chi connectivity index (χ2n) is 9.67. The summed E-state index contributed by atoms with van der Waals surface area (Å²) >= 11 is 0. The van der Waals surface area contributed by atoms with Gasteiger partial charge in [0.2, 0.25) is 0 Å². The van der Waals surface area contributed by atoms with E-state index < -0.39 is 29.3 Å². The monoisotopic (exact) mass is 461 g/mol. The van der Waals surface area contributed by atoms with Gasteiger partial charge in [0.25, 0.3) is 0 Å². The van der Waals surface area contributed by atoms with Crippen LogP contribution in [0.1, 0.15) is 36.6 Å². The van der Waals surface area contributed by atoms with Crippen molar-refractivity contribution in [1.29, 1.82) is 0 Å². The van der Waals surface area contributed by atoms with Crippen LogP contribution in [0.5, 0.6) is 0 Å². The number of aliphatic hydroxyl groups is 1. The van der Waals surface area contributed by atoms with Crippen LogP contribution in [-0.4, -0.2) is 28.3 Å². The molecule has 176 valence electrons. The van der Waals surface area contributed by atoms with Gasteiger partial charge in [0.05, 0.1) is 28.8 Å². The fourth-order valence-corrected chi connectivity index (χ4v) is 5.02. The minimum atomic E-state index is -0.924. The second kappa shape index (κ2) is 8.53. The highest BCUT2D eigenvalue weighted by Crippen LogP contribution is 2.44. The number of benzene rings is 3. The normalized spacial score (nSPS) is 19.1. The van der Waals surface area contributed by atoms with Crippen molar-refractivity contribution in [3.8, 4) is 11.1 Å². The summed E-state index contributed by atoms with van der Waals surface area (Å²) in [5, 5.41) is 18.6. The SMILES string of the molecule is Cc1c[nH]c2c(-c3c(F)cc4c(c3F)[C@H](NCCc3ccccc3)[C@@H](O)C(C)(C)N4)cccc12. The first-order valence-corrected chi connectivity index (χ1v) is 11.6. The molecule has 0 amide bonds. The standard InChI is InChI=1S/C28H29F2N3O/c1-16-15-32-25-18(16)10-7-11-19(25)22-20(29)14-21-23(24(22)30)26(27(34)28(2,3)33-21)31-13-12-17-8-5-4-6-9-17/h4-11,14-15,26-27,31-34H,12-13H2,1-3H3/t26-,27+/m0/s1. The number of rotatable bonds is 5. The van der Waals surface area contributed by atoms with Crippen LogP contribution in [0.15, 0.2) is 60.8 Å². The molecule has 4 aromatic rings. The Morgan fingerprint density at radius 1 is 1.06 bits per heavy atom. The van der Waals surface area contributed by atoms with Crippen LogP contribution in [0.2, 0.25) is 0 Å². The van der Waals surface area contributed by atoms with Crippen molar-refractivity contribution in [3.05, 3.63) is 89.1 Å². The van der Waals surface area contributed by atoms with Gasteiger partial charge >= 0.3 is 0 Å². The minimum Gasteiger partial charge on any atom is -0.389 e. The van der Waals surface area contributed by atoms with E-state index in [4.69, 9.17) is 0 Å².